The van der Waals surface area contributed by atoms with Gasteiger partial charge in [0.25, 0.3) is 0 Å². The van der Waals surface area contributed by atoms with E-state index in [2.05, 4.69) is 30.7 Å². The van der Waals surface area contributed by atoms with Gasteiger partial charge in [-0.2, -0.15) is 0 Å². The summed E-state index contributed by atoms with van der Waals surface area (Å²) < 4.78 is 15.3. The van der Waals surface area contributed by atoms with Gasteiger partial charge in [0, 0.05) is 28.2 Å². The SMILES string of the molecule is Cc1cc(C(=O)CNc2cccc(F)c2)c(C)n1C(C)(C)C. The van der Waals surface area contributed by atoms with Crippen LogP contribution in [0, 0.1) is 19.7 Å². The van der Waals surface area contributed by atoms with Gasteiger partial charge in [0.2, 0.25) is 0 Å². The second-order valence-electron chi connectivity index (χ2n) is 6.58. The zero-order chi connectivity index (χ0) is 16.5. The summed E-state index contributed by atoms with van der Waals surface area (Å²) in [5, 5.41) is 2.98. The second kappa shape index (κ2) is 5.95. The number of halogens is 1. The van der Waals surface area contributed by atoms with Crippen LogP contribution in [0.15, 0.2) is 30.3 Å². The second-order valence-corrected chi connectivity index (χ2v) is 6.58. The first-order chi connectivity index (χ1) is 10.2. The van der Waals surface area contributed by atoms with Crippen molar-refractivity contribution in [3.8, 4) is 0 Å². The van der Waals surface area contributed by atoms with E-state index in [4.69, 9.17) is 0 Å². The lowest BCUT2D eigenvalue weighted by Crippen LogP contribution is -2.24. The van der Waals surface area contributed by atoms with Crippen molar-refractivity contribution in [2.24, 2.45) is 0 Å². The molecule has 0 radical (unpaired) electrons. The highest BCUT2D eigenvalue weighted by Crippen LogP contribution is 2.24. The van der Waals surface area contributed by atoms with E-state index in [9.17, 15) is 9.18 Å². The molecule has 0 spiro atoms. The van der Waals surface area contributed by atoms with Crippen LogP contribution in [0.2, 0.25) is 0 Å². The summed E-state index contributed by atoms with van der Waals surface area (Å²) in [5.74, 6) is -0.309. The molecular formula is C18H23FN2O. The van der Waals surface area contributed by atoms with Crippen LogP contribution in [0.5, 0.6) is 0 Å². The fourth-order valence-corrected chi connectivity index (χ4v) is 2.95. The van der Waals surface area contributed by atoms with Crippen LogP contribution in [0.25, 0.3) is 0 Å². The minimum Gasteiger partial charge on any atom is -0.377 e. The van der Waals surface area contributed by atoms with Gasteiger partial charge in [-0.15, -0.1) is 0 Å². The molecule has 0 aliphatic carbocycles. The van der Waals surface area contributed by atoms with Crippen molar-refractivity contribution in [3.05, 3.63) is 53.1 Å². The first kappa shape index (κ1) is 16.3. The Balaban J connectivity index is 2.17. The van der Waals surface area contributed by atoms with Crippen molar-refractivity contribution in [1.29, 1.82) is 0 Å². The molecule has 4 heteroatoms. The molecule has 0 amide bonds. The van der Waals surface area contributed by atoms with Crippen molar-refractivity contribution in [3.63, 3.8) is 0 Å². The standard InChI is InChI=1S/C18H23FN2O/c1-12-9-16(13(2)21(12)18(3,4)5)17(22)11-20-15-8-6-7-14(19)10-15/h6-10,20H,11H2,1-5H3. The van der Waals surface area contributed by atoms with Crippen molar-refractivity contribution < 1.29 is 9.18 Å². The first-order valence-corrected chi connectivity index (χ1v) is 7.42. The Morgan fingerprint density at radius 3 is 2.45 bits per heavy atom. The molecule has 0 atom stereocenters. The molecule has 0 aliphatic rings. The average molecular weight is 302 g/mol. The van der Waals surface area contributed by atoms with E-state index in [0.717, 1.165) is 17.0 Å². The van der Waals surface area contributed by atoms with E-state index in [-0.39, 0.29) is 23.7 Å². The molecule has 1 heterocycles. The van der Waals surface area contributed by atoms with Crippen LogP contribution in [-0.2, 0) is 5.54 Å². The number of nitrogens with one attached hydrogen (secondary N) is 1. The van der Waals surface area contributed by atoms with E-state index in [1.165, 1.54) is 12.1 Å². The number of anilines is 1. The summed E-state index contributed by atoms with van der Waals surface area (Å²) in [6.45, 7) is 10.5. The summed E-state index contributed by atoms with van der Waals surface area (Å²) in [7, 11) is 0. The molecule has 0 bridgehead atoms. The van der Waals surface area contributed by atoms with Gasteiger partial charge in [0.05, 0.1) is 6.54 Å². The van der Waals surface area contributed by atoms with Crippen LogP contribution in [0.4, 0.5) is 10.1 Å². The fraction of sp³-hybridized carbons (Fsp3) is 0.389. The molecule has 118 valence electrons. The zero-order valence-electron chi connectivity index (χ0n) is 13.8. The van der Waals surface area contributed by atoms with Crippen LogP contribution in [0.3, 0.4) is 0 Å². The Morgan fingerprint density at radius 2 is 1.91 bits per heavy atom. The fourth-order valence-electron chi connectivity index (χ4n) is 2.95. The van der Waals surface area contributed by atoms with Gasteiger partial charge in [0.1, 0.15) is 5.82 Å². The van der Waals surface area contributed by atoms with Crippen molar-refractivity contribution in [2.75, 3.05) is 11.9 Å². The van der Waals surface area contributed by atoms with E-state index in [0.29, 0.717) is 5.69 Å². The third kappa shape index (κ3) is 3.38. The first-order valence-electron chi connectivity index (χ1n) is 7.42. The molecular weight excluding hydrogens is 279 g/mol. The Kier molecular flexibility index (Phi) is 4.40. The number of carbonyl (C=O) groups excluding carboxylic acids is 1. The molecule has 1 aromatic heterocycles. The largest absolute Gasteiger partial charge is 0.377 e. The number of Topliss-reactive ketones (excluding diaryl/α,β-unsaturated/α-hetero) is 1. The van der Waals surface area contributed by atoms with Gasteiger partial charge in [-0.1, -0.05) is 6.07 Å². The third-order valence-corrected chi connectivity index (χ3v) is 3.68. The maximum absolute atomic E-state index is 13.1. The van der Waals surface area contributed by atoms with Gasteiger partial charge in [-0.25, -0.2) is 4.39 Å². The number of ketones is 1. The van der Waals surface area contributed by atoms with Crippen LogP contribution >= 0.6 is 0 Å². The smallest absolute Gasteiger partial charge is 0.183 e. The molecule has 2 rings (SSSR count). The number of hydrogen-bond donors (Lipinski definition) is 1. The summed E-state index contributed by atoms with van der Waals surface area (Å²) in [6, 6.07) is 8.05. The molecule has 0 aliphatic heterocycles. The summed E-state index contributed by atoms with van der Waals surface area (Å²) in [5.41, 5.74) is 3.30. The monoisotopic (exact) mass is 302 g/mol. The van der Waals surface area contributed by atoms with Gasteiger partial charge in [0.15, 0.2) is 5.78 Å². The van der Waals surface area contributed by atoms with Gasteiger partial charge in [-0.05, 0) is 58.9 Å². The Labute approximate surface area is 131 Å². The van der Waals surface area contributed by atoms with Crippen molar-refractivity contribution in [2.45, 2.75) is 40.2 Å². The Hall–Kier alpha value is -2.10. The summed E-state index contributed by atoms with van der Waals surface area (Å²) >= 11 is 0. The molecule has 0 unspecified atom stereocenters. The van der Waals surface area contributed by atoms with Gasteiger partial charge < -0.3 is 9.88 Å². The van der Waals surface area contributed by atoms with Gasteiger partial charge >= 0.3 is 0 Å². The molecule has 2 aromatic rings. The molecule has 1 aromatic carbocycles. The molecule has 22 heavy (non-hydrogen) atoms. The van der Waals surface area contributed by atoms with Crippen molar-refractivity contribution in [1.82, 2.24) is 4.57 Å². The number of aromatic nitrogens is 1. The average Bonchev–Trinajstić information content (AvgIpc) is 2.71. The number of rotatable bonds is 4. The van der Waals surface area contributed by atoms with Crippen LogP contribution < -0.4 is 5.32 Å². The number of hydrogen-bond acceptors (Lipinski definition) is 2. The summed E-state index contributed by atoms with van der Waals surface area (Å²) in [6.07, 6.45) is 0. The zero-order valence-corrected chi connectivity index (χ0v) is 13.8. The molecule has 0 fully saturated rings. The predicted octanol–water partition coefficient (Wildman–Crippen LogP) is 4.29. The highest BCUT2D eigenvalue weighted by atomic mass is 19.1. The normalized spacial score (nSPS) is 11.5. The van der Waals surface area contributed by atoms with Crippen LogP contribution in [-0.4, -0.2) is 16.9 Å². The van der Waals surface area contributed by atoms with E-state index in [1.54, 1.807) is 12.1 Å². The number of benzene rings is 1. The molecule has 0 saturated carbocycles. The molecule has 1 N–H and O–H groups in total. The maximum atomic E-state index is 13.1. The molecule has 0 saturated heterocycles. The summed E-state index contributed by atoms with van der Waals surface area (Å²) in [4.78, 5) is 12.4. The van der Waals surface area contributed by atoms with Gasteiger partial charge in [-0.3, -0.25) is 4.79 Å². The lowest BCUT2D eigenvalue weighted by Gasteiger charge is -2.25. The predicted molar refractivity (Wildman–Crippen MR) is 88.1 cm³/mol. The van der Waals surface area contributed by atoms with Crippen molar-refractivity contribution >= 4 is 11.5 Å². The number of aryl methyl sites for hydroxylation is 1. The highest BCUT2D eigenvalue weighted by molar-refractivity contribution is 6.00. The molecule has 3 nitrogen and oxygen atoms in total. The topological polar surface area (TPSA) is 34.0 Å². The lowest BCUT2D eigenvalue weighted by atomic mass is 10.1. The third-order valence-electron chi connectivity index (χ3n) is 3.68. The van der Waals surface area contributed by atoms with Crippen LogP contribution in [0.1, 0.15) is 42.5 Å². The Bertz CT molecular complexity index is 696. The minimum atomic E-state index is -0.316. The van der Waals surface area contributed by atoms with E-state index >= 15 is 0 Å². The highest BCUT2D eigenvalue weighted by Gasteiger charge is 2.22. The number of nitrogens with zero attached hydrogens (tertiary/aromatic N) is 1. The lowest BCUT2D eigenvalue weighted by molar-refractivity contribution is 0.100. The maximum Gasteiger partial charge on any atom is 0.183 e. The minimum absolute atomic E-state index is 0.00728. The Morgan fingerprint density at radius 1 is 1.23 bits per heavy atom. The number of carbonyl (C=O) groups is 1. The van der Waals surface area contributed by atoms with E-state index < -0.39 is 0 Å². The van der Waals surface area contributed by atoms with E-state index in [1.807, 2.05) is 19.9 Å². The quantitative estimate of drug-likeness (QED) is 0.855.